The molecule has 0 radical (unpaired) electrons. The van der Waals surface area contributed by atoms with Crippen LogP contribution in [0.1, 0.15) is 23.2 Å². The minimum absolute atomic E-state index is 0.0415. The van der Waals surface area contributed by atoms with Crippen molar-refractivity contribution >= 4 is 17.7 Å². The Bertz CT molecular complexity index is 486. The Morgan fingerprint density at radius 2 is 2.05 bits per heavy atom. The predicted octanol–water partition coefficient (Wildman–Crippen LogP) is 0.997. The van der Waals surface area contributed by atoms with Gasteiger partial charge in [0.05, 0.1) is 17.4 Å². The second-order valence-electron chi connectivity index (χ2n) is 4.70. The van der Waals surface area contributed by atoms with Crippen molar-refractivity contribution in [2.75, 3.05) is 31.5 Å². The third kappa shape index (κ3) is 4.20. The van der Waals surface area contributed by atoms with E-state index in [0.29, 0.717) is 12.2 Å². The maximum Gasteiger partial charge on any atom is 0.337 e. The van der Waals surface area contributed by atoms with E-state index in [4.69, 9.17) is 5.11 Å². The Morgan fingerprint density at radius 1 is 1.30 bits per heavy atom. The third-order valence-corrected chi connectivity index (χ3v) is 3.16. The van der Waals surface area contributed by atoms with Gasteiger partial charge in [-0.1, -0.05) is 0 Å². The van der Waals surface area contributed by atoms with E-state index in [1.54, 1.807) is 0 Å². The number of carboxylic acids is 1. The monoisotopic (exact) mass is 278 g/mol. The van der Waals surface area contributed by atoms with Crippen LogP contribution in [0.3, 0.4) is 0 Å². The highest BCUT2D eigenvalue weighted by Crippen LogP contribution is 2.08. The fraction of sp³-hybridized carbons (Fsp3) is 0.462. The molecule has 0 bridgehead atoms. The van der Waals surface area contributed by atoms with Crippen LogP contribution in [0.25, 0.3) is 0 Å². The lowest BCUT2D eigenvalue weighted by Gasteiger charge is -2.15. The van der Waals surface area contributed by atoms with Crippen LogP contribution in [0, 0.1) is 0 Å². The number of pyridine rings is 1. The van der Waals surface area contributed by atoms with Crippen molar-refractivity contribution < 1.29 is 14.7 Å². The molecular weight excluding hydrogens is 260 g/mol. The molecule has 1 saturated heterocycles. The Balaban J connectivity index is 1.76. The average Bonchev–Trinajstić information content (AvgIpc) is 2.92. The van der Waals surface area contributed by atoms with Gasteiger partial charge in [0, 0.05) is 19.3 Å². The number of urea groups is 1. The molecule has 0 unspecified atom stereocenters. The molecule has 7 nitrogen and oxygen atoms in total. The number of carboxylic acid groups (broad SMARTS) is 1. The molecule has 0 aromatic carbocycles. The van der Waals surface area contributed by atoms with Gasteiger partial charge in [-0.15, -0.1) is 0 Å². The summed E-state index contributed by atoms with van der Waals surface area (Å²) in [5, 5.41) is 14.1. The highest BCUT2D eigenvalue weighted by molar-refractivity contribution is 5.92. The largest absolute Gasteiger partial charge is 0.478 e. The van der Waals surface area contributed by atoms with Crippen LogP contribution in [-0.4, -0.2) is 53.2 Å². The van der Waals surface area contributed by atoms with Crippen molar-refractivity contribution in [3.05, 3.63) is 24.0 Å². The number of hydrogen-bond donors (Lipinski definition) is 3. The van der Waals surface area contributed by atoms with E-state index in [1.807, 2.05) is 0 Å². The zero-order valence-electron chi connectivity index (χ0n) is 11.1. The molecule has 108 valence electrons. The second kappa shape index (κ2) is 6.85. The van der Waals surface area contributed by atoms with E-state index in [9.17, 15) is 9.59 Å². The summed E-state index contributed by atoms with van der Waals surface area (Å²) < 4.78 is 0. The zero-order valence-corrected chi connectivity index (χ0v) is 11.1. The number of nitrogens with zero attached hydrogens (tertiary/aromatic N) is 2. The van der Waals surface area contributed by atoms with Gasteiger partial charge in [0.25, 0.3) is 0 Å². The van der Waals surface area contributed by atoms with Gasteiger partial charge in [0.2, 0.25) is 0 Å². The normalized spacial score (nSPS) is 15.0. The van der Waals surface area contributed by atoms with Gasteiger partial charge in [-0.2, -0.15) is 0 Å². The van der Waals surface area contributed by atoms with E-state index in [-0.39, 0.29) is 11.6 Å². The fourth-order valence-corrected chi connectivity index (χ4v) is 2.13. The molecule has 7 heteroatoms. The van der Waals surface area contributed by atoms with Crippen LogP contribution < -0.4 is 10.6 Å². The molecule has 2 amide bonds. The lowest BCUT2D eigenvalue weighted by molar-refractivity contribution is 0.0696. The summed E-state index contributed by atoms with van der Waals surface area (Å²) >= 11 is 0. The first-order chi connectivity index (χ1) is 9.65. The van der Waals surface area contributed by atoms with Gasteiger partial charge >= 0.3 is 12.0 Å². The summed E-state index contributed by atoms with van der Waals surface area (Å²) in [4.78, 5) is 28.5. The maximum absolute atomic E-state index is 11.7. The maximum atomic E-state index is 11.7. The van der Waals surface area contributed by atoms with E-state index in [2.05, 4.69) is 20.5 Å². The van der Waals surface area contributed by atoms with E-state index >= 15 is 0 Å². The molecular formula is C13H18N4O3. The number of carbonyl (C=O) groups excluding carboxylic acids is 1. The topological polar surface area (TPSA) is 94.6 Å². The molecule has 0 spiro atoms. The van der Waals surface area contributed by atoms with Crippen LogP contribution in [0.5, 0.6) is 0 Å². The van der Waals surface area contributed by atoms with Crippen molar-refractivity contribution in [1.82, 2.24) is 15.2 Å². The fourth-order valence-electron chi connectivity index (χ4n) is 2.13. The molecule has 0 saturated carbocycles. The number of aromatic carboxylic acids is 1. The lowest BCUT2D eigenvalue weighted by Crippen LogP contribution is -2.36. The van der Waals surface area contributed by atoms with E-state index in [1.165, 1.54) is 31.3 Å². The van der Waals surface area contributed by atoms with Crippen LogP contribution in [0.2, 0.25) is 0 Å². The Morgan fingerprint density at radius 3 is 2.75 bits per heavy atom. The second-order valence-corrected chi connectivity index (χ2v) is 4.70. The van der Waals surface area contributed by atoms with Crippen LogP contribution in [0.4, 0.5) is 10.5 Å². The molecule has 1 aliphatic rings. The number of rotatable bonds is 5. The quantitative estimate of drug-likeness (QED) is 0.747. The zero-order chi connectivity index (χ0) is 14.4. The minimum atomic E-state index is -1.07. The van der Waals surface area contributed by atoms with Gasteiger partial charge < -0.3 is 20.6 Å². The first-order valence-corrected chi connectivity index (χ1v) is 6.61. The smallest absolute Gasteiger partial charge is 0.337 e. The van der Waals surface area contributed by atoms with Gasteiger partial charge in [-0.3, -0.25) is 4.98 Å². The summed E-state index contributed by atoms with van der Waals surface area (Å²) in [7, 11) is 0. The first-order valence-electron chi connectivity index (χ1n) is 6.61. The molecule has 1 fully saturated rings. The van der Waals surface area contributed by atoms with E-state index in [0.717, 1.165) is 19.6 Å². The summed E-state index contributed by atoms with van der Waals surface area (Å²) in [6.45, 7) is 3.58. The molecule has 3 N–H and O–H groups in total. The van der Waals surface area contributed by atoms with Crippen molar-refractivity contribution in [2.45, 2.75) is 12.8 Å². The molecule has 1 aromatic heterocycles. The number of hydrogen-bond acceptors (Lipinski definition) is 4. The third-order valence-electron chi connectivity index (χ3n) is 3.16. The minimum Gasteiger partial charge on any atom is -0.478 e. The summed E-state index contributed by atoms with van der Waals surface area (Å²) in [6, 6.07) is 1.02. The standard InChI is InChI=1S/C13H18N4O3/c18-12(19)10-7-11(9-14-8-10)16-13(20)15-3-6-17-4-1-2-5-17/h7-9H,1-6H2,(H,18,19)(H2,15,16,20). The molecule has 20 heavy (non-hydrogen) atoms. The van der Waals surface area contributed by atoms with Gasteiger partial charge in [0.15, 0.2) is 0 Å². The summed E-state index contributed by atoms with van der Waals surface area (Å²) in [6.07, 6.45) is 5.09. The first kappa shape index (κ1) is 14.3. The van der Waals surface area contributed by atoms with Crippen LogP contribution in [-0.2, 0) is 0 Å². The number of aromatic nitrogens is 1. The van der Waals surface area contributed by atoms with Gasteiger partial charge in [-0.05, 0) is 32.0 Å². The number of anilines is 1. The molecule has 0 atom stereocenters. The molecule has 2 rings (SSSR count). The SMILES string of the molecule is O=C(NCCN1CCCC1)Nc1cncc(C(=O)O)c1. The van der Waals surface area contributed by atoms with Crippen molar-refractivity contribution in [2.24, 2.45) is 0 Å². The summed E-state index contributed by atoms with van der Waals surface area (Å²) in [5.41, 5.74) is 0.406. The van der Waals surface area contributed by atoms with Gasteiger partial charge in [-0.25, -0.2) is 9.59 Å². The van der Waals surface area contributed by atoms with Crippen LogP contribution >= 0.6 is 0 Å². The van der Waals surface area contributed by atoms with Crippen molar-refractivity contribution in [3.8, 4) is 0 Å². The summed E-state index contributed by atoms with van der Waals surface area (Å²) in [5.74, 6) is -1.07. The molecule has 1 aliphatic heterocycles. The van der Waals surface area contributed by atoms with Gasteiger partial charge in [0.1, 0.15) is 0 Å². The Kier molecular flexibility index (Phi) is 4.89. The predicted molar refractivity (Wildman–Crippen MR) is 73.9 cm³/mol. The van der Waals surface area contributed by atoms with Crippen molar-refractivity contribution in [1.29, 1.82) is 0 Å². The number of nitrogens with one attached hydrogen (secondary N) is 2. The number of carbonyl (C=O) groups is 2. The van der Waals surface area contributed by atoms with E-state index < -0.39 is 5.97 Å². The Hall–Kier alpha value is -2.15. The highest BCUT2D eigenvalue weighted by atomic mass is 16.4. The molecule has 1 aromatic rings. The molecule has 0 aliphatic carbocycles. The van der Waals surface area contributed by atoms with Crippen LogP contribution in [0.15, 0.2) is 18.5 Å². The Labute approximate surface area is 117 Å². The average molecular weight is 278 g/mol. The van der Waals surface area contributed by atoms with Crippen molar-refractivity contribution in [3.63, 3.8) is 0 Å². The molecule has 2 heterocycles. The highest BCUT2D eigenvalue weighted by Gasteiger charge is 2.11. The lowest BCUT2D eigenvalue weighted by atomic mass is 10.3. The number of likely N-dealkylation sites (tertiary alicyclic amines) is 1. The number of amides is 2.